The van der Waals surface area contributed by atoms with E-state index in [9.17, 15) is 18.8 Å². The van der Waals surface area contributed by atoms with Crippen molar-refractivity contribution in [3.05, 3.63) is 65.5 Å². The van der Waals surface area contributed by atoms with Crippen LogP contribution in [0.5, 0.6) is 0 Å². The molecule has 2 aromatic carbocycles. The molecule has 0 saturated carbocycles. The largest absolute Gasteiger partial charge is 0.501 e. The van der Waals surface area contributed by atoms with Crippen molar-refractivity contribution in [2.24, 2.45) is 5.10 Å². The Bertz CT molecular complexity index is 1190. The summed E-state index contributed by atoms with van der Waals surface area (Å²) in [6, 6.07) is 11.7. The predicted molar refractivity (Wildman–Crippen MR) is 126 cm³/mol. The van der Waals surface area contributed by atoms with Crippen LogP contribution in [0.2, 0.25) is 0 Å². The number of carbonyl (C=O) groups excluding carboxylic acids is 3. The van der Waals surface area contributed by atoms with Gasteiger partial charge in [0, 0.05) is 12.2 Å². The molecule has 0 fully saturated rings. The number of aryl methyl sites for hydroxylation is 1. The van der Waals surface area contributed by atoms with Crippen LogP contribution >= 0.6 is 0 Å². The van der Waals surface area contributed by atoms with E-state index in [1.165, 1.54) is 28.8 Å². The number of nitrogens with one attached hydrogen (secondary N) is 1. The van der Waals surface area contributed by atoms with E-state index in [0.29, 0.717) is 29.2 Å². The van der Waals surface area contributed by atoms with Gasteiger partial charge in [-0.3, -0.25) is 9.80 Å². The first-order valence-corrected chi connectivity index (χ1v) is 11.3. The maximum Gasteiger partial charge on any atom is 0.501 e. The maximum absolute atomic E-state index is 13.4. The zero-order valence-electron chi connectivity index (χ0n) is 19.4. The summed E-state index contributed by atoms with van der Waals surface area (Å²) in [6.07, 6.45) is 0.890. The van der Waals surface area contributed by atoms with E-state index in [4.69, 9.17) is 0 Å². The molecule has 2 aromatic rings. The smallest absolute Gasteiger partial charge is 0.323 e. The number of benzene rings is 2. The van der Waals surface area contributed by atoms with Gasteiger partial charge in [-0.15, -0.1) is 0 Å². The van der Waals surface area contributed by atoms with E-state index in [-0.39, 0.29) is 19.0 Å². The van der Waals surface area contributed by atoms with Crippen LogP contribution in [0.4, 0.5) is 14.9 Å². The molecular formula is C25H27FN5O3+. The van der Waals surface area contributed by atoms with Gasteiger partial charge in [-0.05, 0) is 55.7 Å². The summed E-state index contributed by atoms with van der Waals surface area (Å²) >= 11 is 0. The molecule has 4 amide bonds. The fraction of sp³-hybridized carbons (Fsp3) is 0.320. The Morgan fingerprint density at radius 2 is 1.71 bits per heavy atom. The Labute approximate surface area is 197 Å². The Morgan fingerprint density at radius 3 is 2.32 bits per heavy atom. The van der Waals surface area contributed by atoms with Crippen molar-refractivity contribution in [3.63, 3.8) is 0 Å². The number of hydrogen-bond acceptors (Lipinski definition) is 5. The molecule has 8 nitrogen and oxygen atoms in total. The molecule has 0 radical (unpaired) electrons. The number of fused-ring (bicyclic) bond motifs is 1. The topological polar surface area (TPSA) is 85.1 Å². The van der Waals surface area contributed by atoms with Crippen LogP contribution < -0.4 is 5.32 Å². The number of hydrazone groups is 1. The number of nitrogens with zero attached hydrogens (tertiary/aromatic N) is 4. The monoisotopic (exact) mass is 464 g/mol. The molecule has 1 atom stereocenters. The molecule has 1 N–H and O–H groups in total. The van der Waals surface area contributed by atoms with Gasteiger partial charge < -0.3 is 5.32 Å². The van der Waals surface area contributed by atoms with Crippen molar-refractivity contribution in [1.82, 2.24) is 9.91 Å². The summed E-state index contributed by atoms with van der Waals surface area (Å²) in [5.74, 6) is -1.21. The quantitative estimate of drug-likeness (QED) is 0.639. The molecule has 1 unspecified atom stereocenters. The Kier molecular flexibility index (Phi) is 6.54. The van der Waals surface area contributed by atoms with Gasteiger partial charge in [-0.2, -0.15) is 19.4 Å². The molecule has 2 aliphatic heterocycles. The molecule has 0 bridgehead atoms. The van der Waals surface area contributed by atoms with E-state index in [0.717, 1.165) is 16.9 Å². The fourth-order valence-corrected chi connectivity index (χ4v) is 4.21. The fourth-order valence-electron chi connectivity index (χ4n) is 4.21. The summed E-state index contributed by atoms with van der Waals surface area (Å²) in [7, 11) is 0. The summed E-state index contributed by atoms with van der Waals surface area (Å²) in [6.45, 7) is 5.80. The minimum absolute atomic E-state index is 0.0328. The average molecular weight is 465 g/mol. The minimum atomic E-state index is -0.792. The molecule has 9 heteroatoms. The highest BCUT2D eigenvalue weighted by molar-refractivity contribution is 6.48. The van der Waals surface area contributed by atoms with Gasteiger partial charge in [0.25, 0.3) is 5.91 Å². The molecule has 0 saturated heterocycles. The standard InChI is InChI=1S/C25H26FN5O3/c1-4-17-8-12-20(13-9-17)27-21(32)15-29-22-16(3)28-31(5-2)23(22)24(33)30(25(29)34)14-18-6-10-19(26)11-7-18/h6-13,23H,4-5,14-15H2,1-3H3/p+1. The molecule has 2 heterocycles. The van der Waals surface area contributed by atoms with Gasteiger partial charge in [-0.25, -0.2) is 9.18 Å². The Hall–Kier alpha value is -3.88. The van der Waals surface area contributed by atoms with Crippen LogP contribution in [0.15, 0.2) is 53.6 Å². The van der Waals surface area contributed by atoms with Crippen LogP contribution in [-0.4, -0.2) is 62.9 Å². The third kappa shape index (κ3) is 4.46. The number of halogens is 1. The van der Waals surface area contributed by atoms with Crippen molar-refractivity contribution < 1.29 is 23.3 Å². The number of hydrogen-bond donors (Lipinski definition) is 1. The highest BCUT2D eigenvalue weighted by atomic mass is 19.1. The second-order valence-electron chi connectivity index (χ2n) is 8.25. The third-order valence-electron chi connectivity index (χ3n) is 5.98. The van der Waals surface area contributed by atoms with Gasteiger partial charge in [0.15, 0.2) is 12.3 Å². The summed E-state index contributed by atoms with van der Waals surface area (Å²) in [5.41, 5.74) is 3.32. The molecule has 0 aromatic heterocycles. The lowest BCUT2D eigenvalue weighted by Crippen LogP contribution is -2.61. The number of anilines is 1. The van der Waals surface area contributed by atoms with Gasteiger partial charge in [-0.1, -0.05) is 31.2 Å². The van der Waals surface area contributed by atoms with Gasteiger partial charge in [0.1, 0.15) is 18.1 Å². The lowest BCUT2D eigenvalue weighted by atomic mass is 10.0. The molecule has 34 heavy (non-hydrogen) atoms. The molecule has 0 spiro atoms. The average Bonchev–Trinajstić information content (AvgIpc) is 3.17. The minimum Gasteiger partial charge on any atom is -0.323 e. The van der Waals surface area contributed by atoms with E-state index >= 15 is 0 Å². The highest BCUT2D eigenvalue weighted by Gasteiger charge is 2.54. The SMILES string of the molecule is CCc1ccc(NC(=O)C[N+]2=C3C(C)=NN(CC)C3C(=O)N(Cc3ccc(F)cc3)C2=O)cc1. The lowest BCUT2D eigenvalue weighted by molar-refractivity contribution is -0.427. The van der Waals surface area contributed by atoms with E-state index in [2.05, 4.69) is 10.4 Å². The van der Waals surface area contributed by atoms with Crippen molar-refractivity contribution in [1.29, 1.82) is 0 Å². The van der Waals surface area contributed by atoms with Crippen molar-refractivity contribution in [3.8, 4) is 0 Å². The van der Waals surface area contributed by atoms with Crippen LogP contribution in [0, 0.1) is 5.82 Å². The van der Waals surface area contributed by atoms with E-state index in [1.54, 1.807) is 11.9 Å². The van der Waals surface area contributed by atoms with Crippen molar-refractivity contribution in [2.45, 2.75) is 39.8 Å². The first-order valence-electron chi connectivity index (χ1n) is 11.3. The number of imide groups is 1. The summed E-state index contributed by atoms with van der Waals surface area (Å²) in [4.78, 5) is 40.8. The second kappa shape index (κ2) is 9.54. The zero-order valence-corrected chi connectivity index (χ0v) is 19.4. The number of likely N-dealkylation sites (N-methyl/N-ethyl adjacent to an activating group) is 1. The van der Waals surface area contributed by atoms with E-state index in [1.807, 2.05) is 38.1 Å². The summed E-state index contributed by atoms with van der Waals surface area (Å²) in [5, 5.41) is 8.88. The third-order valence-corrected chi connectivity index (χ3v) is 5.98. The normalized spacial score (nSPS) is 17.8. The zero-order chi connectivity index (χ0) is 24.4. The summed E-state index contributed by atoms with van der Waals surface area (Å²) < 4.78 is 14.7. The van der Waals surface area contributed by atoms with Gasteiger partial charge in [0.2, 0.25) is 6.04 Å². The molecule has 2 aliphatic rings. The van der Waals surface area contributed by atoms with Gasteiger partial charge in [0.05, 0.1) is 0 Å². The van der Waals surface area contributed by atoms with E-state index < -0.39 is 23.8 Å². The molecule has 176 valence electrons. The molecule has 0 aliphatic carbocycles. The van der Waals surface area contributed by atoms with Crippen LogP contribution in [-0.2, 0) is 22.6 Å². The number of amides is 4. The first kappa shape index (κ1) is 23.3. The second-order valence-corrected chi connectivity index (χ2v) is 8.25. The lowest BCUT2D eigenvalue weighted by Gasteiger charge is -2.28. The maximum atomic E-state index is 13.4. The first-order chi connectivity index (χ1) is 16.3. The van der Waals surface area contributed by atoms with Crippen molar-refractivity contribution >= 4 is 35.0 Å². The van der Waals surface area contributed by atoms with Crippen LogP contribution in [0.25, 0.3) is 0 Å². The van der Waals surface area contributed by atoms with Crippen molar-refractivity contribution in [2.75, 3.05) is 18.4 Å². The number of rotatable bonds is 7. The number of urea groups is 1. The predicted octanol–water partition coefficient (Wildman–Crippen LogP) is 3.02. The van der Waals surface area contributed by atoms with Crippen LogP contribution in [0.3, 0.4) is 0 Å². The Balaban J connectivity index is 1.63. The van der Waals surface area contributed by atoms with Crippen LogP contribution in [0.1, 0.15) is 31.9 Å². The molecular weight excluding hydrogens is 437 g/mol. The number of carbonyl (C=O) groups is 3. The highest BCUT2D eigenvalue weighted by Crippen LogP contribution is 2.23. The Morgan fingerprint density at radius 1 is 1.06 bits per heavy atom. The van der Waals surface area contributed by atoms with Gasteiger partial charge >= 0.3 is 11.9 Å². The molecule has 4 rings (SSSR count).